The van der Waals surface area contributed by atoms with Gasteiger partial charge in [-0.15, -0.1) is 0 Å². The van der Waals surface area contributed by atoms with Gasteiger partial charge in [-0.3, -0.25) is 9.59 Å². The summed E-state index contributed by atoms with van der Waals surface area (Å²) in [5, 5.41) is 3.38. The molecule has 0 saturated carbocycles. The Hall–Kier alpha value is -2.71. The molecular formula is C23H20Cl2N2O4S. The number of anilines is 1. The first-order valence-electron chi connectivity index (χ1n) is 9.67. The second-order valence-electron chi connectivity index (χ2n) is 6.82. The number of sulfonamides is 1. The molecule has 1 N–H and O–H groups in total. The molecule has 0 spiro atoms. The molecule has 1 amide bonds. The summed E-state index contributed by atoms with van der Waals surface area (Å²) in [6.45, 7) is 1.28. The van der Waals surface area contributed by atoms with Crippen LogP contribution in [0.4, 0.5) is 5.69 Å². The zero-order chi connectivity index (χ0) is 23.3. The lowest BCUT2D eigenvalue weighted by Crippen LogP contribution is -2.38. The molecule has 0 aliphatic carbocycles. The van der Waals surface area contributed by atoms with Gasteiger partial charge in [0.25, 0.3) is 0 Å². The Morgan fingerprint density at radius 1 is 0.906 bits per heavy atom. The summed E-state index contributed by atoms with van der Waals surface area (Å²) in [6.07, 6.45) is 0. The molecule has 6 nitrogen and oxygen atoms in total. The maximum atomic E-state index is 12.9. The molecule has 9 heteroatoms. The van der Waals surface area contributed by atoms with Crippen LogP contribution in [0.25, 0.3) is 0 Å². The highest BCUT2D eigenvalue weighted by Gasteiger charge is 2.26. The third kappa shape index (κ3) is 5.55. The maximum Gasteiger partial charge on any atom is 0.243 e. The number of benzene rings is 3. The normalized spacial score (nSPS) is 11.4. The minimum atomic E-state index is -3.91. The molecular weight excluding hydrogens is 471 g/mol. The Morgan fingerprint density at radius 2 is 1.53 bits per heavy atom. The molecule has 32 heavy (non-hydrogen) atoms. The zero-order valence-corrected chi connectivity index (χ0v) is 19.4. The fourth-order valence-corrected chi connectivity index (χ4v) is 4.73. The second kappa shape index (κ2) is 10.3. The number of rotatable bonds is 8. The van der Waals surface area contributed by atoms with Crippen molar-refractivity contribution in [3.8, 4) is 0 Å². The molecule has 0 atom stereocenters. The highest BCUT2D eigenvalue weighted by Crippen LogP contribution is 2.24. The quantitative estimate of drug-likeness (QED) is 0.456. The summed E-state index contributed by atoms with van der Waals surface area (Å²) in [4.78, 5) is 25.7. The van der Waals surface area contributed by atoms with Gasteiger partial charge in [-0.25, -0.2) is 8.42 Å². The van der Waals surface area contributed by atoms with E-state index < -0.39 is 22.5 Å². The minimum Gasteiger partial charge on any atom is -0.324 e. The Kier molecular flexibility index (Phi) is 7.69. The third-order valence-corrected chi connectivity index (χ3v) is 7.08. The van der Waals surface area contributed by atoms with Crippen molar-refractivity contribution < 1.29 is 18.0 Å². The second-order valence-corrected chi connectivity index (χ2v) is 9.63. The van der Waals surface area contributed by atoms with Gasteiger partial charge >= 0.3 is 0 Å². The fourth-order valence-electron chi connectivity index (χ4n) is 3.03. The van der Waals surface area contributed by atoms with Crippen molar-refractivity contribution in [3.05, 3.63) is 94.0 Å². The molecule has 0 fully saturated rings. The van der Waals surface area contributed by atoms with Crippen LogP contribution in [0.15, 0.2) is 77.7 Å². The number of carbonyl (C=O) groups is 2. The molecule has 3 rings (SSSR count). The largest absolute Gasteiger partial charge is 0.324 e. The Bertz CT molecular complexity index is 1230. The van der Waals surface area contributed by atoms with Crippen LogP contribution >= 0.6 is 23.2 Å². The Morgan fingerprint density at radius 3 is 2.16 bits per heavy atom. The van der Waals surface area contributed by atoms with Gasteiger partial charge in [0.2, 0.25) is 15.9 Å². The molecule has 166 valence electrons. The van der Waals surface area contributed by atoms with Crippen LogP contribution in [0.3, 0.4) is 0 Å². The predicted octanol–water partition coefficient (Wildman–Crippen LogP) is 4.87. The van der Waals surface area contributed by atoms with E-state index in [-0.39, 0.29) is 28.5 Å². The number of hydrogen-bond donors (Lipinski definition) is 1. The first kappa shape index (κ1) is 23.9. The van der Waals surface area contributed by atoms with Gasteiger partial charge in [-0.2, -0.15) is 4.31 Å². The topological polar surface area (TPSA) is 83.6 Å². The molecule has 0 aromatic heterocycles. The third-order valence-electron chi connectivity index (χ3n) is 4.66. The van der Waals surface area contributed by atoms with Gasteiger partial charge in [-0.05, 0) is 42.5 Å². The first-order valence-corrected chi connectivity index (χ1v) is 11.9. The lowest BCUT2D eigenvalue weighted by molar-refractivity contribution is -0.116. The van der Waals surface area contributed by atoms with Gasteiger partial charge in [-0.1, -0.05) is 60.5 Å². The van der Waals surface area contributed by atoms with Gasteiger partial charge in [0.15, 0.2) is 5.78 Å². The van der Waals surface area contributed by atoms with Gasteiger partial charge in [0.05, 0.1) is 17.1 Å². The van der Waals surface area contributed by atoms with E-state index in [9.17, 15) is 18.0 Å². The number of carbonyl (C=O) groups excluding carboxylic acids is 2. The van der Waals surface area contributed by atoms with Crippen molar-refractivity contribution in [2.75, 3.05) is 18.4 Å². The lowest BCUT2D eigenvalue weighted by atomic mass is 10.0. The molecule has 0 aliphatic heterocycles. The van der Waals surface area contributed by atoms with E-state index in [0.29, 0.717) is 15.6 Å². The number of likely N-dealkylation sites (N-methyl/N-ethyl adjacent to an activating group) is 1. The lowest BCUT2D eigenvalue weighted by Gasteiger charge is -2.20. The molecule has 0 unspecified atom stereocenters. The number of ketones is 1. The number of hydrogen-bond acceptors (Lipinski definition) is 4. The number of halogens is 2. The smallest absolute Gasteiger partial charge is 0.243 e. The first-order chi connectivity index (χ1) is 15.2. The number of amides is 1. The number of nitrogens with one attached hydrogen (secondary N) is 1. The molecule has 0 bridgehead atoms. The zero-order valence-electron chi connectivity index (χ0n) is 17.1. The molecule has 0 saturated heterocycles. The minimum absolute atomic E-state index is 0.0305. The van der Waals surface area contributed by atoms with E-state index in [1.807, 2.05) is 0 Å². The van der Waals surface area contributed by atoms with Crippen LogP contribution in [-0.2, 0) is 14.8 Å². The Labute approximate surface area is 196 Å². The van der Waals surface area contributed by atoms with E-state index in [4.69, 9.17) is 23.2 Å². The SMILES string of the molecule is CCN(CC(=O)Nc1ccc(Cl)cc1C(=O)c1ccccc1)S(=O)(=O)c1ccc(Cl)cc1. The van der Waals surface area contributed by atoms with E-state index in [1.54, 1.807) is 43.3 Å². The average Bonchev–Trinajstić information content (AvgIpc) is 2.79. The fraction of sp³-hybridized carbons (Fsp3) is 0.130. The van der Waals surface area contributed by atoms with Crippen molar-refractivity contribution in [3.63, 3.8) is 0 Å². The van der Waals surface area contributed by atoms with Crippen molar-refractivity contribution in [2.24, 2.45) is 0 Å². The maximum absolute atomic E-state index is 12.9. The predicted molar refractivity (Wildman–Crippen MR) is 126 cm³/mol. The summed E-state index contributed by atoms with van der Waals surface area (Å²) in [7, 11) is -3.91. The highest BCUT2D eigenvalue weighted by atomic mass is 35.5. The monoisotopic (exact) mass is 490 g/mol. The van der Waals surface area contributed by atoms with Gasteiger partial charge < -0.3 is 5.32 Å². The van der Waals surface area contributed by atoms with Gasteiger partial charge in [0.1, 0.15) is 0 Å². The van der Waals surface area contributed by atoms with Crippen molar-refractivity contribution in [2.45, 2.75) is 11.8 Å². The van der Waals surface area contributed by atoms with E-state index in [0.717, 1.165) is 4.31 Å². The Balaban J connectivity index is 1.82. The van der Waals surface area contributed by atoms with Gasteiger partial charge in [0, 0.05) is 27.7 Å². The summed E-state index contributed by atoms with van der Waals surface area (Å²) in [6, 6.07) is 18.8. The summed E-state index contributed by atoms with van der Waals surface area (Å²) in [5.74, 6) is -0.904. The average molecular weight is 491 g/mol. The summed E-state index contributed by atoms with van der Waals surface area (Å²) in [5.41, 5.74) is 0.889. The molecule has 0 radical (unpaired) electrons. The highest BCUT2D eigenvalue weighted by molar-refractivity contribution is 7.89. The van der Waals surface area contributed by atoms with Crippen molar-refractivity contribution >= 4 is 50.6 Å². The van der Waals surface area contributed by atoms with E-state index in [1.165, 1.54) is 36.4 Å². The van der Waals surface area contributed by atoms with Crippen LogP contribution in [0.5, 0.6) is 0 Å². The number of nitrogens with zero attached hydrogens (tertiary/aromatic N) is 1. The van der Waals surface area contributed by atoms with Crippen LogP contribution in [0.1, 0.15) is 22.8 Å². The summed E-state index contributed by atoms with van der Waals surface area (Å²) >= 11 is 11.9. The van der Waals surface area contributed by atoms with Crippen LogP contribution in [0.2, 0.25) is 10.0 Å². The van der Waals surface area contributed by atoms with Crippen LogP contribution in [-0.4, -0.2) is 37.5 Å². The molecule has 3 aromatic rings. The van der Waals surface area contributed by atoms with Crippen molar-refractivity contribution in [1.29, 1.82) is 0 Å². The van der Waals surface area contributed by atoms with E-state index in [2.05, 4.69) is 5.32 Å². The summed E-state index contributed by atoms with van der Waals surface area (Å²) < 4.78 is 26.8. The van der Waals surface area contributed by atoms with Crippen LogP contribution < -0.4 is 5.32 Å². The molecule has 0 aliphatic rings. The van der Waals surface area contributed by atoms with E-state index >= 15 is 0 Å². The van der Waals surface area contributed by atoms with Crippen molar-refractivity contribution in [1.82, 2.24) is 4.31 Å². The molecule has 3 aromatic carbocycles. The standard InChI is InChI=1S/C23H20Cl2N2O4S/c1-2-27(32(30,31)19-11-8-17(24)9-12-19)15-22(28)26-21-13-10-18(25)14-20(21)23(29)16-6-4-3-5-7-16/h3-14H,2,15H2,1H3,(H,26,28). The van der Waals surface area contributed by atoms with Crippen LogP contribution in [0, 0.1) is 0 Å². The molecule has 0 heterocycles.